The summed E-state index contributed by atoms with van der Waals surface area (Å²) in [5.41, 5.74) is 0.716. The molecule has 17 heavy (non-hydrogen) atoms. The maximum Gasteiger partial charge on any atom is 0.215 e. The van der Waals surface area contributed by atoms with Gasteiger partial charge in [-0.1, -0.05) is 15.9 Å². The van der Waals surface area contributed by atoms with Gasteiger partial charge in [0.05, 0.1) is 0 Å². The van der Waals surface area contributed by atoms with Crippen LogP contribution in [0.5, 0.6) is 5.75 Å². The minimum absolute atomic E-state index is 0.0736. The van der Waals surface area contributed by atoms with Gasteiger partial charge in [-0.3, -0.25) is 0 Å². The summed E-state index contributed by atoms with van der Waals surface area (Å²) < 4.78 is 0.798. The van der Waals surface area contributed by atoms with Crippen LogP contribution in [-0.4, -0.2) is 25.7 Å². The second-order valence-corrected chi connectivity index (χ2v) is 4.02. The predicted octanol–water partition coefficient (Wildman–Crippen LogP) is 1.73. The van der Waals surface area contributed by atoms with E-state index in [1.807, 2.05) is 6.07 Å². The molecule has 1 aromatic heterocycles. The third kappa shape index (κ3) is 2.49. The number of aromatic hydroxyl groups is 1. The van der Waals surface area contributed by atoms with Crippen molar-refractivity contribution in [1.29, 1.82) is 5.26 Å². The molecule has 0 bridgehead atoms. The number of nitrogens with zero attached hydrogens (tertiary/aromatic N) is 4. The van der Waals surface area contributed by atoms with Crippen molar-refractivity contribution in [2.45, 2.75) is 0 Å². The van der Waals surface area contributed by atoms with Gasteiger partial charge < -0.3 is 5.11 Å². The standard InChI is InChI=1S/C10H6BrN5O/c11-8-1-2-9(17)6(4-8)3-7(5-12)10-13-15-16-14-10/h1-4,17H,(H,13,14,15,16). The molecule has 0 fully saturated rings. The van der Waals surface area contributed by atoms with E-state index in [1.165, 1.54) is 12.1 Å². The van der Waals surface area contributed by atoms with Crippen LogP contribution in [0.4, 0.5) is 0 Å². The number of allylic oxidation sites excluding steroid dienone is 1. The lowest BCUT2D eigenvalue weighted by Crippen LogP contribution is -1.86. The zero-order valence-electron chi connectivity index (χ0n) is 8.42. The second kappa shape index (κ2) is 4.76. The molecule has 84 valence electrons. The number of hydrogen-bond donors (Lipinski definition) is 2. The van der Waals surface area contributed by atoms with Gasteiger partial charge in [0.2, 0.25) is 5.82 Å². The van der Waals surface area contributed by atoms with Gasteiger partial charge in [-0.05, 0) is 29.5 Å². The maximum absolute atomic E-state index is 9.64. The number of tetrazole rings is 1. The first-order valence-corrected chi connectivity index (χ1v) is 5.34. The summed E-state index contributed by atoms with van der Waals surface area (Å²) in [6.07, 6.45) is 1.49. The van der Waals surface area contributed by atoms with Crippen molar-refractivity contribution in [3.05, 3.63) is 34.1 Å². The Morgan fingerprint density at radius 2 is 2.35 bits per heavy atom. The molecule has 0 unspecified atom stereocenters. The first kappa shape index (κ1) is 11.3. The number of nitrogens with one attached hydrogen (secondary N) is 1. The molecule has 0 atom stereocenters. The van der Waals surface area contributed by atoms with E-state index in [-0.39, 0.29) is 17.1 Å². The van der Waals surface area contributed by atoms with Crippen LogP contribution in [0.1, 0.15) is 11.4 Å². The van der Waals surface area contributed by atoms with E-state index in [1.54, 1.807) is 12.1 Å². The van der Waals surface area contributed by atoms with E-state index in [9.17, 15) is 5.11 Å². The molecular weight excluding hydrogens is 286 g/mol. The van der Waals surface area contributed by atoms with Crippen molar-refractivity contribution >= 4 is 27.6 Å². The molecule has 2 rings (SSSR count). The summed E-state index contributed by atoms with van der Waals surface area (Å²) in [4.78, 5) is 0. The predicted molar refractivity (Wildman–Crippen MR) is 63.5 cm³/mol. The van der Waals surface area contributed by atoms with Crippen LogP contribution in [0.2, 0.25) is 0 Å². The van der Waals surface area contributed by atoms with E-state index in [4.69, 9.17) is 5.26 Å². The molecule has 2 aromatic rings. The fraction of sp³-hybridized carbons (Fsp3) is 0. The molecular formula is C10H6BrN5O. The lowest BCUT2D eigenvalue weighted by atomic mass is 10.1. The fourth-order valence-corrected chi connectivity index (χ4v) is 1.60. The number of benzene rings is 1. The average molecular weight is 292 g/mol. The van der Waals surface area contributed by atoms with Gasteiger partial charge in [0.15, 0.2) is 0 Å². The zero-order chi connectivity index (χ0) is 12.3. The van der Waals surface area contributed by atoms with E-state index in [0.29, 0.717) is 5.56 Å². The van der Waals surface area contributed by atoms with Gasteiger partial charge in [-0.15, -0.1) is 10.2 Å². The topological polar surface area (TPSA) is 98.5 Å². The summed E-state index contributed by atoms with van der Waals surface area (Å²) in [7, 11) is 0. The number of nitriles is 1. The number of phenolic OH excluding ortho intramolecular Hbond substituents is 1. The highest BCUT2D eigenvalue weighted by molar-refractivity contribution is 9.10. The summed E-state index contributed by atoms with van der Waals surface area (Å²) >= 11 is 3.28. The summed E-state index contributed by atoms with van der Waals surface area (Å²) in [5.74, 6) is 0.260. The van der Waals surface area contributed by atoms with E-state index >= 15 is 0 Å². The molecule has 2 N–H and O–H groups in total. The third-order valence-corrected chi connectivity index (χ3v) is 2.49. The highest BCUT2D eigenvalue weighted by Gasteiger charge is 2.08. The molecule has 0 saturated carbocycles. The van der Waals surface area contributed by atoms with Gasteiger partial charge in [0.25, 0.3) is 0 Å². The monoisotopic (exact) mass is 291 g/mol. The van der Waals surface area contributed by atoms with Crippen molar-refractivity contribution in [3.63, 3.8) is 0 Å². The normalized spacial score (nSPS) is 11.2. The number of hydrogen-bond acceptors (Lipinski definition) is 5. The highest BCUT2D eigenvalue weighted by Crippen LogP contribution is 2.25. The van der Waals surface area contributed by atoms with Crippen LogP contribution in [0, 0.1) is 11.3 Å². The summed E-state index contributed by atoms with van der Waals surface area (Å²) in [5, 5.41) is 31.7. The van der Waals surface area contributed by atoms with Crippen LogP contribution in [0.25, 0.3) is 11.6 Å². The number of aromatic amines is 1. The quantitative estimate of drug-likeness (QED) is 0.821. The molecule has 1 aromatic carbocycles. The second-order valence-electron chi connectivity index (χ2n) is 3.11. The van der Waals surface area contributed by atoms with Gasteiger partial charge in [0.1, 0.15) is 17.4 Å². The minimum Gasteiger partial charge on any atom is -0.507 e. The van der Waals surface area contributed by atoms with Crippen LogP contribution in [-0.2, 0) is 0 Å². The highest BCUT2D eigenvalue weighted by atomic mass is 79.9. The minimum atomic E-state index is 0.0736. The fourth-order valence-electron chi connectivity index (χ4n) is 1.22. The van der Waals surface area contributed by atoms with Crippen molar-refractivity contribution in [1.82, 2.24) is 20.6 Å². The van der Waals surface area contributed by atoms with E-state index in [2.05, 4.69) is 36.6 Å². The molecule has 0 amide bonds. The zero-order valence-corrected chi connectivity index (χ0v) is 10.0. The molecule has 7 heteroatoms. The van der Waals surface area contributed by atoms with Crippen molar-refractivity contribution in [3.8, 4) is 11.8 Å². The van der Waals surface area contributed by atoms with Gasteiger partial charge in [-0.2, -0.15) is 10.5 Å². The van der Waals surface area contributed by atoms with Crippen LogP contribution >= 0.6 is 15.9 Å². The van der Waals surface area contributed by atoms with Crippen LogP contribution in [0.15, 0.2) is 22.7 Å². The molecule has 0 spiro atoms. The van der Waals surface area contributed by atoms with Gasteiger partial charge in [0, 0.05) is 10.0 Å². The number of rotatable bonds is 2. The Kier molecular flexibility index (Phi) is 3.16. The SMILES string of the molecule is N#CC(=Cc1cc(Br)ccc1O)c1nn[nH]n1. The van der Waals surface area contributed by atoms with Crippen molar-refractivity contribution < 1.29 is 5.11 Å². The lowest BCUT2D eigenvalue weighted by Gasteiger charge is -2.00. The Labute approximate surface area is 105 Å². The molecule has 0 aliphatic carbocycles. The molecule has 0 aliphatic rings. The number of aromatic nitrogens is 4. The van der Waals surface area contributed by atoms with Crippen molar-refractivity contribution in [2.24, 2.45) is 0 Å². The molecule has 0 radical (unpaired) electrons. The number of H-pyrrole nitrogens is 1. The summed E-state index contributed by atoms with van der Waals surface area (Å²) in [6.45, 7) is 0. The van der Waals surface area contributed by atoms with Crippen molar-refractivity contribution in [2.75, 3.05) is 0 Å². The smallest absolute Gasteiger partial charge is 0.215 e. The van der Waals surface area contributed by atoms with Gasteiger partial charge in [-0.25, -0.2) is 0 Å². The molecule has 0 saturated heterocycles. The first-order valence-electron chi connectivity index (χ1n) is 4.55. The summed E-state index contributed by atoms with van der Waals surface area (Å²) in [6, 6.07) is 6.87. The maximum atomic E-state index is 9.64. The molecule has 1 heterocycles. The Bertz CT molecular complexity index is 600. The van der Waals surface area contributed by atoms with Gasteiger partial charge >= 0.3 is 0 Å². The largest absolute Gasteiger partial charge is 0.507 e. The lowest BCUT2D eigenvalue weighted by molar-refractivity contribution is 0.474. The Morgan fingerprint density at radius 3 is 3.00 bits per heavy atom. The van der Waals surface area contributed by atoms with Crippen LogP contribution in [0.3, 0.4) is 0 Å². The number of phenols is 1. The third-order valence-electron chi connectivity index (χ3n) is 2.00. The average Bonchev–Trinajstić information content (AvgIpc) is 2.84. The number of halogens is 1. The Hall–Kier alpha value is -2.20. The van der Waals surface area contributed by atoms with Crippen LogP contribution < -0.4 is 0 Å². The van der Waals surface area contributed by atoms with E-state index in [0.717, 1.165) is 4.47 Å². The van der Waals surface area contributed by atoms with E-state index < -0.39 is 0 Å². The first-order chi connectivity index (χ1) is 8.20. The molecule has 6 nitrogen and oxygen atoms in total. The Balaban J connectivity index is 2.48. The Morgan fingerprint density at radius 1 is 1.53 bits per heavy atom. The molecule has 0 aliphatic heterocycles.